The van der Waals surface area contributed by atoms with Crippen molar-refractivity contribution in [2.24, 2.45) is 5.92 Å². The molecule has 0 bridgehead atoms. The van der Waals surface area contributed by atoms with Crippen LogP contribution in [-0.2, 0) is 4.79 Å². The minimum Gasteiger partial charge on any atom is -0.298 e. The van der Waals surface area contributed by atoms with E-state index in [4.69, 9.17) is 11.6 Å². The van der Waals surface area contributed by atoms with Gasteiger partial charge in [0.2, 0.25) is 0 Å². The van der Waals surface area contributed by atoms with Crippen molar-refractivity contribution in [3.8, 4) is 11.8 Å². The molecule has 1 aliphatic carbocycles. The number of benzene rings is 2. The second kappa shape index (κ2) is 8.85. The molecule has 5 heteroatoms. The molecule has 0 amide bonds. The maximum Gasteiger partial charge on any atom is 0.196 e. The van der Waals surface area contributed by atoms with Crippen molar-refractivity contribution < 1.29 is 9.59 Å². The van der Waals surface area contributed by atoms with Crippen LogP contribution in [0.5, 0.6) is 0 Å². The van der Waals surface area contributed by atoms with E-state index >= 15 is 0 Å². The number of nitrogens with zero attached hydrogens (tertiary/aromatic N) is 2. The first-order chi connectivity index (χ1) is 16.4. The highest BCUT2D eigenvalue weighted by Gasteiger charge is 2.44. The SMILES string of the molecule is CC(C)C1C(=O)C(c2ccc(C#Cc3cccnc3)cc2Cl)C(=O)c2nc3ccccc3cc21. The number of carbonyl (C=O) groups excluding carboxylic acids is 2. The van der Waals surface area contributed by atoms with Gasteiger partial charge in [-0.3, -0.25) is 14.6 Å². The predicted molar refractivity (Wildman–Crippen MR) is 133 cm³/mol. The molecular formula is C29H21ClN2O2. The summed E-state index contributed by atoms with van der Waals surface area (Å²) in [5.74, 6) is 4.25. The van der Waals surface area contributed by atoms with E-state index in [0.29, 0.717) is 27.4 Å². The van der Waals surface area contributed by atoms with Gasteiger partial charge in [-0.15, -0.1) is 0 Å². The smallest absolute Gasteiger partial charge is 0.196 e. The fourth-order valence-electron chi connectivity index (χ4n) is 4.57. The first-order valence-electron chi connectivity index (χ1n) is 11.1. The molecule has 4 aromatic rings. The lowest BCUT2D eigenvalue weighted by Gasteiger charge is -2.31. The van der Waals surface area contributed by atoms with Gasteiger partial charge in [-0.1, -0.05) is 61.6 Å². The van der Waals surface area contributed by atoms with E-state index in [1.807, 2.05) is 56.3 Å². The average Bonchev–Trinajstić information content (AvgIpc) is 2.83. The standard InChI is InChI=1S/C29H21ClN2O2/c1-17(2)25-22-15-20-7-3-4-8-24(20)32-27(22)29(34)26(28(25)33)21-12-11-18(14-23(21)30)9-10-19-6-5-13-31-16-19/h3-8,11-17,25-26H,1-2H3. The molecule has 0 radical (unpaired) electrons. The van der Waals surface area contributed by atoms with Gasteiger partial charge >= 0.3 is 0 Å². The van der Waals surface area contributed by atoms with E-state index in [0.717, 1.165) is 16.5 Å². The van der Waals surface area contributed by atoms with Crippen LogP contribution < -0.4 is 0 Å². The zero-order chi connectivity index (χ0) is 23.8. The maximum absolute atomic E-state index is 13.7. The predicted octanol–water partition coefficient (Wildman–Crippen LogP) is 5.97. The molecular weight excluding hydrogens is 444 g/mol. The van der Waals surface area contributed by atoms with E-state index < -0.39 is 11.8 Å². The van der Waals surface area contributed by atoms with Crippen molar-refractivity contribution in [1.29, 1.82) is 0 Å². The lowest BCUT2D eigenvalue weighted by atomic mass is 9.70. The lowest BCUT2D eigenvalue weighted by molar-refractivity contribution is -0.122. The number of hydrogen-bond acceptors (Lipinski definition) is 4. The molecule has 2 aromatic heterocycles. The summed E-state index contributed by atoms with van der Waals surface area (Å²) in [6.45, 7) is 3.99. The largest absolute Gasteiger partial charge is 0.298 e. The van der Waals surface area contributed by atoms with Gasteiger partial charge in [0.25, 0.3) is 0 Å². The number of para-hydroxylation sites is 1. The summed E-state index contributed by atoms with van der Waals surface area (Å²) in [6, 6.07) is 18.5. The number of Topliss-reactive ketones (excluding diaryl/α,β-unsaturated/α-hetero) is 2. The molecule has 34 heavy (non-hydrogen) atoms. The molecule has 0 saturated carbocycles. The van der Waals surface area contributed by atoms with Gasteiger partial charge in [0.1, 0.15) is 11.6 Å². The molecule has 2 atom stereocenters. The zero-order valence-electron chi connectivity index (χ0n) is 18.7. The van der Waals surface area contributed by atoms with E-state index in [-0.39, 0.29) is 17.5 Å². The summed E-state index contributed by atoms with van der Waals surface area (Å²) in [7, 11) is 0. The van der Waals surface area contributed by atoms with Crippen molar-refractivity contribution in [3.05, 3.63) is 106 Å². The zero-order valence-corrected chi connectivity index (χ0v) is 19.5. The van der Waals surface area contributed by atoms with Gasteiger partial charge in [-0.25, -0.2) is 4.98 Å². The molecule has 2 heterocycles. The minimum absolute atomic E-state index is 0.00760. The summed E-state index contributed by atoms with van der Waals surface area (Å²) in [6.07, 6.45) is 3.37. The van der Waals surface area contributed by atoms with Crippen LogP contribution in [0.2, 0.25) is 5.02 Å². The first-order valence-corrected chi connectivity index (χ1v) is 11.5. The number of pyridine rings is 2. The Morgan fingerprint density at radius 2 is 1.71 bits per heavy atom. The number of rotatable bonds is 2. The van der Waals surface area contributed by atoms with Crippen LogP contribution in [0.25, 0.3) is 10.9 Å². The summed E-state index contributed by atoms with van der Waals surface area (Å²) in [5.41, 5.74) is 3.77. The third kappa shape index (κ3) is 3.89. The molecule has 0 N–H and O–H groups in total. The Balaban J connectivity index is 1.58. The van der Waals surface area contributed by atoms with Crippen LogP contribution in [0.4, 0.5) is 0 Å². The summed E-state index contributed by atoms with van der Waals surface area (Å²) < 4.78 is 0. The molecule has 166 valence electrons. The van der Waals surface area contributed by atoms with Crippen LogP contribution in [0.1, 0.15) is 58.4 Å². The van der Waals surface area contributed by atoms with Crippen LogP contribution in [0.3, 0.4) is 0 Å². The fourth-order valence-corrected chi connectivity index (χ4v) is 4.86. The number of halogens is 1. The van der Waals surface area contributed by atoms with E-state index in [1.54, 1.807) is 30.6 Å². The number of fused-ring (bicyclic) bond motifs is 2. The Morgan fingerprint density at radius 3 is 2.44 bits per heavy atom. The van der Waals surface area contributed by atoms with Gasteiger partial charge in [-0.05, 0) is 53.4 Å². The fraction of sp³-hybridized carbons (Fsp3) is 0.172. The molecule has 0 saturated heterocycles. The van der Waals surface area contributed by atoms with E-state index in [9.17, 15) is 9.59 Å². The van der Waals surface area contributed by atoms with Crippen molar-refractivity contribution >= 4 is 34.1 Å². The lowest BCUT2D eigenvalue weighted by Crippen LogP contribution is -2.36. The Morgan fingerprint density at radius 1 is 0.912 bits per heavy atom. The Kier molecular flexibility index (Phi) is 5.73. The second-order valence-electron chi connectivity index (χ2n) is 8.77. The molecule has 2 unspecified atom stereocenters. The van der Waals surface area contributed by atoms with Crippen LogP contribution in [0.15, 0.2) is 73.1 Å². The highest BCUT2D eigenvalue weighted by Crippen LogP contribution is 2.42. The normalized spacial score (nSPS) is 17.4. The minimum atomic E-state index is -0.985. The molecule has 0 spiro atoms. The third-order valence-electron chi connectivity index (χ3n) is 6.17. The van der Waals surface area contributed by atoms with E-state index in [1.165, 1.54) is 0 Å². The summed E-state index contributed by atoms with van der Waals surface area (Å²) in [5, 5.41) is 1.26. The maximum atomic E-state index is 13.7. The molecule has 4 nitrogen and oxygen atoms in total. The van der Waals surface area contributed by atoms with E-state index in [2.05, 4.69) is 21.8 Å². The Bertz CT molecular complexity index is 1500. The summed E-state index contributed by atoms with van der Waals surface area (Å²) >= 11 is 6.62. The summed E-state index contributed by atoms with van der Waals surface area (Å²) in [4.78, 5) is 36.0. The Labute approximate surface area is 203 Å². The molecule has 2 aromatic carbocycles. The van der Waals surface area contributed by atoms with Gasteiger partial charge in [0.15, 0.2) is 11.6 Å². The molecule has 0 fully saturated rings. The number of aromatic nitrogens is 2. The van der Waals surface area contributed by atoms with Gasteiger partial charge in [0.05, 0.1) is 5.52 Å². The van der Waals surface area contributed by atoms with Gasteiger partial charge in [0, 0.05) is 39.8 Å². The average molecular weight is 465 g/mol. The number of hydrogen-bond donors (Lipinski definition) is 0. The third-order valence-corrected chi connectivity index (χ3v) is 6.49. The number of carbonyl (C=O) groups is 2. The Hall–Kier alpha value is -3.81. The van der Waals surface area contributed by atoms with Crippen molar-refractivity contribution in [2.45, 2.75) is 25.7 Å². The highest BCUT2D eigenvalue weighted by molar-refractivity contribution is 6.33. The molecule has 1 aliphatic rings. The topological polar surface area (TPSA) is 59.9 Å². The van der Waals surface area contributed by atoms with Crippen molar-refractivity contribution in [1.82, 2.24) is 9.97 Å². The van der Waals surface area contributed by atoms with Gasteiger partial charge in [-0.2, -0.15) is 0 Å². The van der Waals surface area contributed by atoms with Crippen molar-refractivity contribution in [3.63, 3.8) is 0 Å². The second-order valence-corrected chi connectivity index (χ2v) is 9.18. The van der Waals surface area contributed by atoms with Crippen LogP contribution in [-0.4, -0.2) is 21.5 Å². The van der Waals surface area contributed by atoms with Crippen LogP contribution >= 0.6 is 11.6 Å². The monoisotopic (exact) mass is 464 g/mol. The van der Waals surface area contributed by atoms with Crippen molar-refractivity contribution in [2.75, 3.05) is 0 Å². The highest BCUT2D eigenvalue weighted by atomic mass is 35.5. The van der Waals surface area contributed by atoms with Crippen LogP contribution in [0, 0.1) is 17.8 Å². The van der Waals surface area contributed by atoms with Gasteiger partial charge < -0.3 is 0 Å². The molecule has 0 aliphatic heterocycles. The first kappa shape index (κ1) is 22.0. The number of ketones is 2. The quantitative estimate of drug-likeness (QED) is 0.271. The molecule has 5 rings (SSSR count).